The Morgan fingerprint density at radius 3 is 2.32 bits per heavy atom. The van der Waals surface area contributed by atoms with E-state index in [0.717, 1.165) is 43.4 Å². The molecule has 0 saturated heterocycles. The molecule has 5 aliphatic carbocycles. The van der Waals surface area contributed by atoms with Gasteiger partial charge in [0.1, 0.15) is 0 Å². The highest BCUT2D eigenvalue weighted by molar-refractivity contribution is 7.14. The average molecular weight is 402 g/mol. The summed E-state index contributed by atoms with van der Waals surface area (Å²) in [4.78, 5) is 29.3. The average Bonchev–Trinajstić information content (AvgIpc) is 3.15. The van der Waals surface area contributed by atoms with E-state index in [4.69, 9.17) is 4.98 Å². The van der Waals surface area contributed by atoms with Gasteiger partial charge in [0.15, 0.2) is 5.13 Å². The number of anilines is 1. The molecule has 0 aliphatic heterocycles. The molecule has 5 nitrogen and oxygen atoms in total. The highest BCUT2D eigenvalue weighted by Gasteiger charge is 2.52. The van der Waals surface area contributed by atoms with Crippen molar-refractivity contribution in [2.45, 2.75) is 76.0 Å². The van der Waals surface area contributed by atoms with Crippen LogP contribution in [-0.2, 0) is 15.0 Å². The molecule has 5 aliphatic rings. The number of carbonyl (C=O) groups is 2. The fourth-order valence-electron chi connectivity index (χ4n) is 6.84. The van der Waals surface area contributed by atoms with Crippen LogP contribution < -0.4 is 10.6 Å². The van der Waals surface area contributed by atoms with E-state index in [9.17, 15) is 9.59 Å². The van der Waals surface area contributed by atoms with Crippen LogP contribution in [-0.4, -0.2) is 23.3 Å². The maximum Gasteiger partial charge on any atom is 0.245 e. The molecule has 28 heavy (non-hydrogen) atoms. The number of rotatable bonds is 5. The van der Waals surface area contributed by atoms with E-state index in [1.54, 1.807) is 0 Å². The Morgan fingerprint density at radius 1 is 1.04 bits per heavy atom. The number of nitrogens with one attached hydrogen (secondary N) is 2. The van der Waals surface area contributed by atoms with Crippen LogP contribution in [0.1, 0.15) is 76.3 Å². The summed E-state index contributed by atoms with van der Waals surface area (Å²) in [7, 11) is 0. The first-order valence-electron chi connectivity index (χ1n) is 11.1. The standard InChI is InChI=1S/C22H31N3O2S/c26-19(12-23-20(27)17-4-2-1-3-5-17)25-21-24-18(13-28-21)22-9-14-6-15(10-22)8-16(7-14)11-22/h13-17H,1-12H2,(H,23,27)(H,24,25,26). The molecule has 152 valence electrons. The lowest BCUT2D eigenvalue weighted by molar-refractivity contribution is -0.128. The first-order valence-corrected chi connectivity index (χ1v) is 12.0. The molecule has 1 aromatic rings. The lowest BCUT2D eigenvalue weighted by Gasteiger charge is -2.56. The van der Waals surface area contributed by atoms with Crippen LogP contribution in [0.15, 0.2) is 5.38 Å². The zero-order chi connectivity index (χ0) is 19.1. The first kappa shape index (κ1) is 18.6. The van der Waals surface area contributed by atoms with Crippen molar-refractivity contribution in [3.63, 3.8) is 0 Å². The normalized spacial score (nSPS) is 34.4. The molecule has 2 amide bonds. The van der Waals surface area contributed by atoms with Gasteiger partial charge in [0, 0.05) is 16.7 Å². The lowest BCUT2D eigenvalue weighted by atomic mass is 9.49. The summed E-state index contributed by atoms with van der Waals surface area (Å²) in [6, 6.07) is 0. The number of thiazole rings is 1. The third-order valence-corrected chi connectivity index (χ3v) is 8.49. The van der Waals surface area contributed by atoms with E-state index >= 15 is 0 Å². The van der Waals surface area contributed by atoms with E-state index in [2.05, 4.69) is 16.0 Å². The summed E-state index contributed by atoms with van der Waals surface area (Å²) in [6.45, 7) is 0.0433. The van der Waals surface area contributed by atoms with E-state index in [0.29, 0.717) is 5.13 Å². The van der Waals surface area contributed by atoms with Gasteiger partial charge in [-0.25, -0.2) is 4.98 Å². The molecule has 0 unspecified atom stereocenters. The Bertz CT molecular complexity index is 717. The van der Waals surface area contributed by atoms with Gasteiger partial charge in [-0.3, -0.25) is 9.59 Å². The van der Waals surface area contributed by atoms with E-state index in [-0.39, 0.29) is 29.7 Å². The van der Waals surface area contributed by atoms with E-state index in [1.807, 2.05) is 0 Å². The molecule has 6 heteroatoms. The molecule has 0 atom stereocenters. The number of carbonyl (C=O) groups excluding carboxylic acids is 2. The van der Waals surface area contributed by atoms with Gasteiger partial charge in [0.25, 0.3) is 0 Å². The Labute approximate surface area is 171 Å². The summed E-state index contributed by atoms with van der Waals surface area (Å²) in [5.41, 5.74) is 1.47. The van der Waals surface area contributed by atoms with Crippen molar-refractivity contribution in [1.82, 2.24) is 10.3 Å². The second-order valence-electron chi connectivity index (χ2n) is 9.84. The Morgan fingerprint density at radius 2 is 1.68 bits per heavy atom. The van der Waals surface area contributed by atoms with Crippen LogP contribution in [0, 0.1) is 23.7 Å². The zero-order valence-corrected chi connectivity index (χ0v) is 17.4. The van der Waals surface area contributed by atoms with Gasteiger partial charge in [0.2, 0.25) is 11.8 Å². The monoisotopic (exact) mass is 401 g/mol. The second-order valence-corrected chi connectivity index (χ2v) is 10.7. The van der Waals surface area contributed by atoms with Crippen LogP contribution in [0.5, 0.6) is 0 Å². The van der Waals surface area contributed by atoms with Crippen molar-refractivity contribution in [1.29, 1.82) is 0 Å². The third-order valence-electron chi connectivity index (χ3n) is 7.73. The largest absolute Gasteiger partial charge is 0.347 e. The molecule has 1 aromatic heterocycles. The van der Waals surface area contributed by atoms with Gasteiger partial charge >= 0.3 is 0 Å². The summed E-state index contributed by atoms with van der Waals surface area (Å²) >= 11 is 1.53. The van der Waals surface area contributed by atoms with Crippen LogP contribution in [0.3, 0.4) is 0 Å². The molecule has 0 radical (unpaired) electrons. The topological polar surface area (TPSA) is 71.1 Å². The van der Waals surface area contributed by atoms with Gasteiger partial charge in [-0.05, 0) is 69.1 Å². The molecule has 1 heterocycles. The molecule has 4 bridgehead atoms. The van der Waals surface area contributed by atoms with Gasteiger partial charge < -0.3 is 10.6 Å². The molecule has 0 spiro atoms. The quantitative estimate of drug-likeness (QED) is 0.775. The van der Waals surface area contributed by atoms with Crippen molar-refractivity contribution in [3.8, 4) is 0 Å². The molecule has 5 fully saturated rings. The molecule has 2 N–H and O–H groups in total. The number of hydrogen-bond acceptors (Lipinski definition) is 4. The number of aromatic nitrogens is 1. The SMILES string of the molecule is O=C(CNC(=O)C1CCCCC1)Nc1nc(C23CC4CC(CC(C4)C2)C3)cs1. The van der Waals surface area contributed by atoms with Crippen molar-refractivity contribution < 1.29 is 9.59 Å². The molecule has 6 rings (SSSR count). The second kappa shape index (κ2) is 7.43. The third kappa shape index (κ3) is 3.60. The molecule has 0 aromatic carbocycles. The maximum absolute atomic E-state index is 12.3. The van der Waals surface area contributed by atoms with E-state index in [1.165, 1.54) is 62.0 Å². The maximum atomic E-state index is 12.3. The lowest BCUT2D eigenvalue weighted by Crippen LogP contribution is -2.48. The minimum atomic E-state index is -0.171. The van der Waals surface area contributed by atoms with Gasteiger partial charge in [0.05, 0.1) is 12.2 Å². The van der Waals surface area contributed by atoms with Crippen molar-refractivity contribution >= 4 is 28.3 Å². The summed E-state index contributed by atoms with van der Waals surface area (Å²) < 4.78 is 0. The van der Waals surface area contributed by atoms with Crippen molar-refractivity contribution in [2.24, 2.45) is 23.7 Å². The van der Waals surface area contributed by atoms with Gasteiger partial charge in [-0.15, -0.1) is 11.3 Å². The zero-order valence-electron chi connectivity index (χ0n) is 16.5. The molecular formula is C22H31N3O2S. The predicted octanol–water partition coefficient (Wildman–Crippen LogP) is 4.25. The number of amides is 2. The summed E-state index contributed by atoms with van der Waals surface area (Å²) in [6.07, 6.45) is 13.5. The van der Waals surface area contributed by atoms with Gasteiger partial charge in [-0.1, -0.05) is 19.3 Å². The minimum Gasteiger partial charge on any atom is -0.347 e. The first-order chi connectivity index (χ1) is 13.6. The van der Waals surface area contributed by atoms with Crippen LogP contribution in [0.25, 0.3) is 0 Å². The predicted molar refractivity (Wildman–Crippen MR) is 110 cm³/mol. The Kier molecular flexibility index (Phi) is 4.93. The number of hydrogen-bond donors (Lipinski definition) is 2. The summed E-state index contributed by atoms with van der Waals surface area (Å²) in [5, 5.41) is 8.57. The Balaban J connectivity index is 1.17. The fraction of sp³-hybridized carbons (Fsp3) is 0.773. The fourth-order valence-corrected chi connectivity index (χ4v) is 7.69. The molecule has 5 saturated carbocycles. The smallest absolute Gasteiger partial charge is 0.245 e. The Hall–Kier alpha value is -1.43. The number of nitrogens with zero attached hydrogens (tertiary/aromatic N) is 1. The van der Waals surface area contributed by atoms with Crippen molar-refractivity contribution in [3.05, 3.63) is 11.1 Å². The molecular weight excluding hydrogens is 370 g/mol. The van der Waals surface area contributed by atoms with Crippen molar-refractivity contribution in [2.75, 3.05) is 11.9 Å². The van der Waals surface area contributed by atoms with Crippen LogP contribution in [0.2, 0.25) is 0 Å². The van der Waals surface area contributed by atoms with Crippen LogP contribution in [0.4, 0.5) is 5.13 Å². The highest BCUT2D eigenvalue weighted by Crippen LogP contribution is 2.60. The van der Waals surface area contributed by atoms with Crippen LogP contribution >= 0.6 is 11.3 Å². The minimum absolute atomic E-state index is 0.0308. The summed E-state index contributed by atoms with van der Waals surface area (Å²) in [5.74, 6) is 2.62. The highest BCUT2D eigenvalue weighted by atomic mass is 32.1. The van der Waals surface area contributed by atoms with E-state index < -0.39 is 0 Å². The van der Waals surface area contributed by atoms with Gasteiger partial charge in [-0.2, -0.15) is 0 Å².